The van der Waals surface area contributed by atoms with Gasteiger partial charge in [-0.3, -0.25) is 14.8 Å². The maximum atomic E-state index is 13.1. The van der Waals surface area contributed by atoms with Crippen molar-refractivity contribution in [3.63, 3.8) is 0 Å². The second-order valence-corrected chi connectivity index (χ2v) is 10.0. The second-order valence-electron chi connectivity index (χ2n) is 7.62. The number of hydrogen-bond donors (Lipinski definition) is 3. The molecule has 11 heteroatoms. The van der Waals surface area contributed by atoms with Crippen LogP contribution in [0.2, 0.25) is 5.02 Å². The Kier molecular flexibility index (Phi) is 7.24. The van der Waals surface area contributed by atoms with Gasteiger partial charge in [-0.2, -0.15) is 0 Å². The summed E-state index contributed by atoms with van der Waals surface area (Å²) in [5.74, 6) is -1.18. The zero-order chi connectivity index (χ0) is 22.6. The molecule has 1 heterocycles. The molecule has 0 aliphatic heterocycles. The second kappa shape index (κ2) is 9.71. The molecule has 1 fully saturated rings. The van der Waals surface area contributed by atoms with Gasteiger partial charge in [-0.15, -0.1) is 0 Å². The number of aromatic nitrogens is 2. The predicted octanol–water partition coefficient (Wildman–Crippen LogP) is 2.96. The van der Waals surface area contributed by atoms with Gasteiger partial charge in [-0.1, -0.05) is 43.4 Å². The van der Waals surface area contributed by atoms with Crippen LogP contribution in [0.1, 0.15) is 54.1 Å². The molecule has 0 spiro atoms. The van der Waals surface area contributed by atoms with Crippen molar-refractivity contribution in [1.29, 1.82) is 0 Å². The summed E-state index contributed by atoms with van der Waals surface area (Å²) in [6, 6.07) is 4.56. The maximum absolute atomic E-state index is 13.1. The number of sulfone groups is 1. The van der Waals surface area contributed by atoms with Gasteiger partial charge in [0.1, 0.15) is 5.69 Å². The van der Waals surface area contributed by atoms with Crippen molar-refractivity contribution in [2.24, 2.45) is 5.92 Å². The summed E-state index contributed by atoms with van der Waals surface area (Å²) < 4.78 is 23.7. The molecule has 1 aliphatic rings. The summed E-state index contributed by atoms with van der Waals surface area (Å²) in [5.41, 5.74) is 1.97. The van der Waals surface area contributed by atoms with Crippen molar-refractivity contribution in [2.45, 2.75) is 42.9 Å². The minimum Gasteiger partial charge on any atom is -0.309 e. The van der Waals surface area contributed by atoms with E-state index in [1.54, 1.807) is 6.07 Å². The lowest BCUT2D eigenvalue weighted by Crippen LogP contribution is -2.24. The molecular weight excluding hydrogens is 444 g/mol. The normalized spacial score (nSPS) is 15.5. The van der Waals surface area contributed by atoms with Crippen LogP contribution < -0.4 is 10.8 Å². The molecule has 3 rings (SSSR count). The lowest BCUT2D eigenvalue weighted by atomic mass is 9.87. The van der Waals surface area contributed by atoms with Crippen molar-refractivity contribution in [2.75, 3.05) is 11.6 Å². The molecule has 1 atom stereocenters. The Bertz CT molecular complexity index is 1070. The number of nitrogens with one attached hydrogen (secondary N) is 2. The van der Waals surface area contributed by atoms with Gasteiger partial charge in [0, 0.05) is 6.26 Å². The minimum atomic E-state index is -3.48. The summed E-state index contributed by atoms with van der Waals surface area (Å²) in [6.07, 6.45) is 8.32. The van der Waals surface area contributed by atoms with Crippen molar-refractivity contribution < 1.29 is 23.2 Å². The number of hydroxylamine groups is 1. The summed E-state index contributed by atoms with van der Waals surface area (Å²) in [7, 11) is -3.48. The fourth-order valence-corrected chi connectivity index (χ4v) is 5.13. The van der Waals surface area contributed by atoms with Gasteiger partial charge >= 0.3 is 0 Å². The first-order chi connectivity index (χ1) is 14.7. The Morgan fingerprint density at radius 3 is 2.48 bits per heavy atom. The third-order valence-electron chi connectivity index (χ3n) is 5.36. The largest absolute Gasteiger partial charge is 0.309 e. The lowest BCUT2D eigenvalue weighted by molar-refractivity contribution is -0.118. The highest BCUT2D eigenvalue weighted by molar-refractivity contribution is 7.90. The molecule has 2 aromatic rings. The monoisotopic (exact) mass is 466 g/mol. The molecular formula is C20H23ClN4O5S. The maximum Gasteiger partial charge on any atom is 0.294 e. The highest BCUT2D eigenvalue weighted by atomic mass is 35.5. The summed E-state index contributed by atoms with van der Waals surface area (Å²) >= 11 is 6.21. The van der Waals surface area contributed by atoms with E-state index in [1.165, 1.54) is 23.8 Å². The number of rotatable bonds is 7. The molecule has 0 unspecified atom stereocenters. The first-order valence-electron chi connectivity index (χ1n) is 9.76. The van der Waals surface area contributed by atoms with Crippen LogP contribution in [0.4, 0.5) is 5.82 Å². The Morgan fingerprint density at radius 1 is 1.23 bits per heavy atom. The van der Waals surface area contributed by atoms with Crippen LogP contribution in [0.5, 0.6) is 0 Å². The van der Waals surface area contributed by atoms with Crippen LogP contribution in [0.25, 0.3) is 0 Å². The highest BCUT2D eigenvalue weighted by Gasteiger charge is 2.28. The van der Waals surface area contributed by atoms with Gasteiger partial charge in [0.2, 0.25) is 5.91 Å². The minimum absolute atomic E-state index is 0.0153. The zero-order valence-electron chi connectivity index (χ0n) is 16.8. The van der Waals surface area contributed by atoms with E-state index in [-0.39, 0.29) is 27.3 Å². The predicted molar refractivity (Wildman–Crippen MR) is 114 cm³/mol. The van der Waals surface area contributed by atoms with Gasteiger partial charge in [0.05, 0.1) is 28.2 Å². The zero-order valence-corrected chi connectivity index (χ0v) is 18.4. The molecule has 0 saturated heterocycles. The smallest absolute Gasteiger partial charge is 0.294 e. The van der Waals surface area contributed by atoms with Crippen molar-refractivity contribution in [3.05, 3.63) is 46.9 Å². The van der Waals surface area contributed by atoms with Crippen molar-refractivity contribution in [3.8, 4) is 0 Å². The van der Waals surface area contributed by atoms with Gasteiger partial charge in [-0.25, -0.2) is 23.9 Å². The number of carbonyl (C=O) groups is 2. The molecule has 1 saturated carbocycles. The molecule has 166 valence electrons. The number of amides is 2. The fourth-order valence-electron chi connectivity index (χ4n) is 3.79. The van der Waals surface area contributed by atoms with Crippen LogP contribution in [0, 0.1) is 5.92 Å². The number of benzene rings is 1. The Hall–Kier alpha value is -2.56. The molecule has 3 N–H and O–H groups in total. The first kappa shape index (κ1) is 23.1. The van der Waals surface area contributed by atoms with Crippen LogP contribution in [0.3, 0.4) is 0 Å². The number of hydrogen-bond acceptors (Lipinski definition) is 7. The van der Waals surface area contributed by atoms with E-state index in [1.807, 2.05) is 0 Å². The van der Waals surface area contributed by atoms with Crippen molar-refractivity contribution >= 4 is 39.1 Å². The number of nitrogens with zero attached hydrogens (tertiary/aromatic N) is 2. The van der Waals surface area contributed by atoms with Gasteiger partial charge in [0.15, 0.2) is 15.7 Å². The van der Waals surface area contributed by atoms with Gasteiger partial charge < -0.3 is 5.32 Å². The highest BCUT2D eigenvalue weighted by Crippen LogP contribution is 2.36. The SMILES string of the molecule is CS(=O)(=O)c1ccc([C@@H](CC2CCCC2)C(=O)Nc2cnc(C(=O)NO)cn2)cc1Cl. The van der Waals surface area contributed by atoms with Crippen LogP contribution in [-0.4, -0.2) is 41.7 Å². The molecule has 1 aromatic carbocycles. The van der Waals surface area contributed by atoms with E-state index < -0.39 is 21.7 Å². The third kappa shape index (κ3) is 5.78. The molecule has 1 aromatic heterocycles. The van der Waals surface area contributed by atoms with E-state index in [4.69, 9.17) is 16.8 Å². The number of carbonyl (C=O) groups excluding carboxylic acids is 2. The molecule has 2 amide bonds. The topological polar surface area (TPSA) is 138 Å². The van der Waals surface area contributed by atoms with Gasteiger partial charge in [0.25, 0.3) is 5.91 Å². The Balaban J connectivity index is 1.85. The van der Waals surface area contributed by atoms with Crippen LogP contribution >= 0.6 is 11.6 Å². The molecule has 31 heavy (non-hydrogen) atoms. The van der Waals surface area contributed by atoms with E-state index >= 15 is 0 Å². The average Bonchev–Trinajstić information content (AvgIpc) is 3.24. The van der Waals surface area contributed by atoms with E-state index in [0.29, 0.717) is 17.9 Å². The number of anilines is 1. The summed E-state index contributed by atoms with van der Waals surface area (Å²) in [6.45, 7) is 0. The van der Waals surface area contributed by atoms with Crippen molar-refractivity contribution in [1.82, 2.24) is 15.4 Å². The molecule has 1 aliphatic carbocycles. The Morgan fingerprint density at radius 2 is 1.94 bits per heavy atom. The summed E-state index contributed by atoms with van der Waals surface area (Å²) in [4.78, 5) is 32.3. The number of halogens is 1. The average molecular weight is 467 g/mol. The van der Waals surface area contributed by atoms with E-state index in [0.717, 1.165) is 38.1 Å². The Labute approximate surface area is 185 Å². The first-order valence-corrected chi connectivity index (χ1v) is 12.0. The molecule has 0 radical (unpaired) electrons. The fraction of sp³-hybridized carbons (Fsp3) is 0.400. The lowest BCUT2D eigenvalue weighted by Gasteiger charge is -2.21. The van der Waals surface area contributed by atoms with E-state index in [2.05, 4.69) is 15.3 Å². The van der Waals surface area contributed by atoms with E-state index in [9.17, 15) is 18.0 Å². The van der Waals surface area contributed by atoms with Crippen LogP contribution in [0.15, 0.2) is 35.5 Å². The summed E-state index contributed by atoms with van der Waals surface area (Å²) in [5, 5.41) is 11.4. The third-order valence-corrected chi connectivity index (χ3v) is 6.94. The van der Waals surface area contributed by atoms with Gasteiger partial charge in [-0.05, 0) is 30.0 Å². The molecule has 9 nitrogen and oxygen atoms in total. The van der Waals surface area contributed by atoms with Crippen LogP contribution in [-0.2, 0) is 14.6 Å². The standard InChI is InChI=1S/C20H23ClN4O5S/c1-31(29,30)17-7-6-13(9-15(17)21)14(8-12-4-2-3-5-12)19(26)24-18-11-22-16(10-23-18)20(27)25-28/h6-7,9-12,14,28H,2-5,8H2,1H3,(H,25,27)(H,23,24,26)/t14-/m1/s1. The quantitative estimate of drug-likeness (QED) is 0.421. The molecule has 0 bridgehead atoms.